The first kappa shape index (κ1) is 23.7. The van der Waals surface area contributed by atoms with Gasteiger partial charge in [0.2, 0.25) is 5.82 Å². The number of H-pyrrole nitrogens is 1. The number of para-hydroxylation sites is 1. The van der Waals surface area contributed by atoms with Gasteiger partial charge in [-0.15, -0.1) is 0 Å². The topological polar surface area (TPSA) is 133 Å². The molecule has 186 valence electrons. The number of carbonyl (C=O) groups excluding carboxylic acids is 1. The standard InChI is InChI=1S/C27H22N4O6/c1-35-20-12-8-17(9-13-20)26-22(21-4-2-3-5-23(21)28-26)14-15-25(32)36-16-24-29-27(30-37-24)18-6-10-19(11-7-18)31(33)34/h2-13,28H,14-16H2,1H3. The van der Waals surface area contributed by atoms with Crippen LogP contribution in [0.15, 0.2) is 77.3 Å². The van der Waals surface area contributed by atoms with Crippen LogP contribution in [0.1, 0.15) is 17.9 Å². The molecule has 2 aromatic heterocycles. The van der Waals surface area contributed by atoms with E-state index < -0.39 is 10.9 Å². The number of nitrogens with one attached hydrogen (secondary N) is 1. The van der Waals surface area contributed by atoms with Gasteiger partial charge in [-0.25, -0.2) is 0 Å². The van der Waals surface area contributed by atoms with E-state index in [-0.39, 0.29) is 30.4 Å². The maximum absolute atomic E-state index is 12.6. The highest BCUT2D eigenvalue weighted by molar-refractivity contribution is 5.91. The fraction of sp³-hybridized carbons (Fsp3) is 0.148. The predicted molar refractivity (Wildman–Crippen MR) is 135 cm³/mol. The second kappa shape index (κ2) is 10.3. The number of aromatic nitrogens is 3. The Labute approximate surface area is 211 Å². The molecule has 1 N–H and O–H groups in total. The molecule has 10 nitrogen and oxygen atoms in total. The Morgan fingerprint density at radius 1 is 1.03 bits per heavy atom. The zero-order valence-electron chi connectivity index (χ0n) is 19.8. The number of benzene rings is 3. The third kappa shape index (κ3) is 5.18. The Morgan fingerprint density at radius 3 is 2.49 bits per heavy atom. The quantitative estimate of drug-likeness (QED) is 0.160. The number of non-ortho nitro benzene ring substituents is 1. The Balaban J connectivity index is 1.24. The van der Waals surface area contributed by atoms with E-state index in [0.717, 1.165) is 33.5 Å². The van der Waals surface area contributed by atoms with Gasteiger partial charge in [0.25, 0.3) is 11.6 Å². The fourth-order valence-electron chi connectivity index (χ4n) is 4.07. The van der Waals surface area contributed by atoms with Crippen molar-refractivity contribution in [2.45, 2.75) is 19.4 Å². The zero-order valence-corrected chi connectivity index (χ0v) is 19.8. The lowest BCUT2D eigenvalue weighted by Gasteiger charge is -2.07. The summed E-state index contributed by atoms with van der Waals surface area (Å²) in [5.41, 5.74) is 4.47. The first-order chi connectivity index (χ1) is 18.0. The normalized spacial score (nSPS) is 10.9. The van der Waals surface area contributed by atoms with E-state index in [4.69, 9.17) is 14.0 Å². The second-order valence-electron chi connectivity index (χ2n) is 8.23. The number of hydrogen-bond donors (Lipinski definition) is 1. The maximum Gasteiger partial charge on any atom is 0.306 e. The number of nitro groups is 1. The van der Waals surface area contributed by atoms with Gasteiger partial charge in [0.1, 0.15) is 5.75 Å². The number of hydrogen-bond acceptors (Lipinski definition) is 8. The first-order valence-corrected chi connectivity index (χ1v) is 11.5. The van der Waals surface area contributed by atoms with E-state index in [0.29, 0.717) is 12.0 Å². The van der Waals surface area contributed by atoms with Crippen LogP contribution in [0.3, 0.4) is 0 Å². The monoisotopic (exact) mass is 498 g/mol. The minimum Gasteiger partial charge on any atom is -0.497 e. The summed E-state index contributed by atoms with van der Waals surface area (Å²) >= 11 is 0. The number of aryl methyl sites for hydroxylation is 1. The van der Waals surface area contributed by atoms with Crippen LogP contribution < -0.4 is 4.74 Å². The number of nitrogens with zero attached hydrogens (tertiary/aromatic N) is 3. The summed E-state index contributed by atoms with van der Waals surface area (Å²) in [4.78, 5) is 30.5. The molecule has 3 aromatic carbocycles. The zero-order chi connectivity index (χ0) is 25.8. The van der Waals surface area contributed by atoms with Crippen LogP contribution in [0.5, 0.6) is 5.75 Å². The number of carbonyl (C=O) groups is 1. The summed E-state index contributed by atoms with van der Waals surface area (Å²) in [5, 5.41) is 15.7. The number of fused-ring (bicyclic) bond motifs is 1. The molecule has 37 heavy (non-hydrogen) atoms. The summed E-state index contributed by atoms with van der Waals surface area (Å²) in [6, 6.07) is 21.5. The average molecular weight is 498 g/mol. The number of nitro benzene ring substituents is 1. The third-order valence-corrected chi connectivity index (χ3v) is 5.93. The molecule has 0 unspecified atom stereocenters. The third-order valence-electron chi connectivity index (χ3n) is 5.93. The molecule has 10 heteroatoms. The first-order valence-electron chi connectivity index (χ1n) is 11.5. The molecule has 0 atom stereocenters. The molecule has 0 spiro atoms. The van der Waals surface area contributed by atoms with Gasteiger partial charge in [-0.2, -0.15) is 4.98 Å². The fourth-order valence-corrected chi connectivity index (χ4v) is 4.07. The van der Waals surface area contributed by atoms with Gasteiger partial charge < -0.3 is 19.0 Å². The Bertz CT molecular complexity index is 1550. The van der Waals surface area contributed by atoms with Crippen LogP contribution in [-0.4, -0.2) is 33.1 Å². The Hall–Kier alpha value is -4.99. The number of methoxy groups -OCH3 is 1. The van der Waals surface area contributed by atoms with Crippen molar-refractivity contribution in [1.29, 1.82) is 0 Å². The second-order valence-corrected chi connectivity index (χ2v) is 8.23. The highest BCUT2D eigenvalue weighted by Gasteiger charge is 2.17. The van der Waals surface area contributed by atoms with Gasteiger partial charge in [0.15, 0.2) is 6.61 Å². The molecule has 0 amide bonds. The number of ether oxygens (including phenoxy) is 2. The van der Waals surface area contributed by atoms with Crippen molar-refractivity contribution >= 4 is 22.6 Å². The molecule has 0 aliphatic heterocycles. The molecule has 0 radical (unpaired) electrons. The number of esters is 1. The largest absolute Gasteiger partial charge is 0.497 e. The van der Waals surface area contributed by atoms with Crippen LogP contribution >= 0.6 is 0 Å². The van der Waals surface area contributed by atoms with Crippen molar-refractivity contribution in [2.75, 3.05) is 7.11 Å². The van der Waals surface area contributed by atoms with Crippen LogP contribution in [0.25, 0.3) is 33.5 Å². The van der Waals surface area contributed by atoms with Crippen LogP contribution in [-0.2, 0) is 22.6 Å². The number of aromatic amines is 1. The minimum atomic E-state index is -0.485. The highest BCUT2D eigenvalue weighted by Crippen LogP contribution is 2.32. The van der Waals surface area contributed by atoms with Crippen LogP contribution in [0.2, 0.25) is 0 Å². The molecule has 0 bridgehead atoms. The molecule has 0 fully saturated rings. The van der Waals surface area contributed by atoms with Gasteiger partial charge >= 0.3 is 5.97 Å². The van der Waals surface area contributed by atoms with Gasteiger partial charge in [-0.1, -0.05) is 23.4 Å². The van der Waals surface area contributed by atoms with Crippen molar-refractivity contribution in [3.8, 4) is 28.4 Å². The smallest absolute Gasteiger partial charge is 0.306 e. The van der Waals surface area contributed by atoms with E-state index in [9.17, 15) is 14.9 Å². The molecular formula is C27H22N4O6. The van der Waals surface area contributed by atoms with Crippen molar-refractivity contribution in [3.63, 3.8) is 0 Å². The molecule has 2 heterocycles. The van der Waals surface area contributed by atoms with Gasteiger partial charge in [0.05, 0.1) is 12.0 Å². The van der Waals surface area contributed by atoms with E-state index >= 15 is 0 Å². The van der Waals surface area contributed by atoms with Gasteiger partial charge in [0, 0.05) is 40.7 Å². The summed E-state index contributed by atoms with van der Waals surface area (Å²) < 4.78 is 15.8. The molecule has 0 saturated heterocycles. The van der Waals surface area contributed by atoms with E-state index in [1.165, 1.54) is 24.3 Å². The lowest BCUT2D eigenvalue weighted by molar-refractivity contribution is -0.384. The minimum absolute atomic E-state index is 0.0354. The van der Waals surface area contributed by atoms with Gasteiger partial charge in [-0.05, 0) is 60.0 Å². The summed E-state index contributed by atoms with van der Waals surface area (Å²) in [6.45, 7) is -0.169. The molecule has 0 saturated carbocycles. The van der Waals surface area contributed by atoms with Crippen molar-refractivity contribution in [3.05, 3.63) is 94.4 Å². The van der Waals surface area contributed by atoms with E-state index in [1.54, 1.807) is 7.11 Å². The Kier molecular flexibility index (Phi) is 6.62. The van der Waals surface area contributed by atoms with Gasteiger partial charge in [-0.3, -0.25) is 14.9 Å². The average Bonchev–Trinajstić information content (AvgIpc) is 3.56. The van der Waals surface area contributed by atoms with Crippen molar-refractivity contribution < 1.29 is 23.7 Å². The Morgan fingerprint density at radius 2 is 1.76 bits per heavy atom. The van der Waals surface area contributed by atoms with Crippen molar-refractivity contribution in [1.82, 2.24) is 15.1 Å². The lowest BCUT2D eigenvalue weighted by Crippen LogP contribution is -2.06. The molecular weight excluding hydrogens is 476 g/mol. The SMILES string of the molecule is COc1ccc(-c2[nH]c3ccccc3c2CCC(=O)OCc2nc(-c3ccc([N+](=O)[O-])cc3)no2)cc1. The molecule has 5 aromatic rings. The van der Waals surface area contributed by atoms with Crippen LogP contribution in [0, 0.1) is 10.1 Å². The van der Waals surface area contributed by atoms with Crippen molar-refractivity contribution in [2.24, 2.45) is 0 Å². The molecule has 0 aliphatic carbocycles. The molecule has 0 aliphatic rings. The maximum atomic E-state index is 12.6. The van der Waals surface area contributed by atoms with Crippen LogP contribution in [0.4, 0.5) is 5.69 Å². The molecule has 5 rings (SSSR count). The van der Waals surface area contributed by atoms with E-state index in [2.05, 4.69) is 15.1 Å². The predicted octanol–water partition coefficient (Wildman–Crippen LogP) is 5.48. The lowest BCUT2D eigenvalue weighted by atomic mass is 10.0. The number of rotatable bonds is 9. The summed E-state index contributed by atoms with van der Waals surface area (Å²) in [6.07, 6.45) is 0.635. The van der Waals surface area contributed by atoms with E-state index in [1.807, 2.05) is 48.5 Å². The summed E-state index contributed by atoms with van der Waals surface area (Å²) in [5.74, 6) is 0.750. The summed E-state index contributed by atoms with van der Waals surface area (Å²) in [7, 11) is 1.62. The highest BCUT2D eigenvalue weighted by atomic mass is 16.6.